The van der Waals surface area contributed by atoms with Gasteiger partial charge in [0, 0.05) is 38.8 Å². The molecule has 4 heterocycles. The van der Waals surface area contributed by atoms with Gasteiger partial charge >= 0.3 is 0 Å². The molecular formula is C24H25N7O2. The molecule has 33 heavy (non-hydrogen) atoms. The molecule has 0 unspecified atom stereocenters. The van der Waals surface area contributed by atoms with Crippen molar-refractivity contribution in [2.75, 3.05) is 43.4 Å². The van der Waals surface area contributed by atoms with Crippen molar-refractivity contribution in [3.63, 3.8) is 0 Å². The van der Waals surface area contributed by atoms with Crippen LogP contribution >= 0.6 is 0 Å². The summed E-state index contributed by atoms with van der Waals surface area (Å²) < 4.78 is 5.37. The zero-order chi connectivity index (χ0) is 22.5. The van der Waals surface area contributed by atoms with E-state index < -0.39 is 0 Å². The molecule has 0 saturated carbocycles. The first kappa shape index (κ1) is 19.9. The quantitative estimate of drug-likeness (QED) is 0.496. The first-order valence-corrected chi connectivity index (χ1v) is 11.2. The van der Waals surface area contributed by atoms with Crippen molar-refractivity contribution in [2.24, 2.45) is 5.92 Å². The highest BCUT2D eigenvalue weighted by Gasteiger charge is 2.37. The number of fused-ring (bicyclic) bond motifs is 2. The van der Waals surface area contributed by atoms with Crippen LogP contribution in [0.5, 0.6) is 0 Å². The summed E-state index contributed by atoms with van der Waals surface area (Å²) in [4.78, 5) is 30.6. The largest absolute Gasteiger partial charge is 0.424 e. The smallest absolute Gasteiger partial charge is 0.292 e. The highest BCUT2D eigenvalue weighted by molar-refractivity contribution is 5.86. The molecule has 9 nitrogen and oxygen atoms in total. The van der Waals surface area contributed by atoms with Crippen molar-refractivity contribution in [2.45, 2.75) is 13.0 Å². The average molecular weight is 444 g/mol. The molecular weight excluding hydrogens is 418 g/mol. The molecule has 0 spiro atoms. The van der Waals surface area contributed by atoms with Gasteiger partial charge in [-0.1, -0.05) is 12.1 Å². The van der Waals surface area contributed by atoms with Crippen LogP contribution in [0.3, 0.4) is 0 Å². The Bertz CT molecular complexity index is 1360. The molecule has 0 bridgehead atoms. The molecule has 2 aromatic carbocycles. The predicted molar refractivity (Wildman–Crippen MR) is 127 cm³/mol. The first-order valence-electron chi connectivity index (χ1n) is 11.2. The maximum atomic E-state index is 12.8. The second-order valence-corrected chi connectivity index (χ2v) is 8.91. The summed E-state index contributed by atoms with van der Waals surface area (Å²) in [6.07, 6.45) is 1.79. The Morgan fingerprint density at radius 2 is 1.85 bits per heavy atom. The Kier molecular flexibility index (Phi) is 4.65. The minimum Gasteiger partial charge on any atom is -0.424 e. The lowest BCUT2D eigenvalue weighted by atomic mass is 9.97. The minimum atomic E-state index is 0.0285. The fraction of sp³-hybridized carbons (Fsp3) is 0.333. The number of benzene rings is 2. The van der Waals surface area contributed by atoms with Crippen LogP contribution in [0.15, 0.2) is 47.0 Å². The van der Waals surface area contributed by atoms with Crippen LogP contribution in [0.1, 0.15) is 6.92 Å². The molecule has 2 aliphatic rings. The molecule has 0 radical (unpaired) electrons. The van der Waals surface area contributed by atoms with E-state index in [0.717, 1.165) is 53.1 Å². The second-order valence-electron chi connectivity index (χ2n) is 8.91. The normalized spacial score (nSPS) is 19.2. The van der Waals surface area contributed by atoms with Gasteiger partial charge in [0.2, 0.25) is 5.91 Å². The predicted octanol–water partition coefficient (Wildman–Crippen LogP) is 2.28. The molecule has 3 N–H and O–H groups in total. The maximum absolute atomic E-state index is 12.8. The van der Waals surface area contributed by atoms with Gasteiger partial charge in [0.25, 0.3) is 6.01 Å². The Morgan fingerprint density at radius 1 is 1.06 bits per heavy atom. The third-order valence-electron chi connectivity index (χ3n) is 6.50. The van der Waals surface area contributed by atoms with E-state index in [4.69, 9.17) is 15.1 Å². The number of carbonyl (C=O) groups excluding carboxylic acids is 1. The number of hydrogen-bond acceptors (Lipinski definition) is 8. The van der Waals surface area contributed by atoms with Crippen molar-refractivity contribution in [3.8, 4) is 11.1 Å². The van der Waals surface area contributed by atoms with Crippen molar-refractivity contribution >= 4 is 39.9 Å². The lowest BCUT2D eigenvalue weighted by molar-refractivity contribution is -0.137. The third-order valence-corrected chi connectivity index (χ3v) is 6.50. The summed E-state index contributed by atoms with van der Waals surface area (Å²) in [7, 11) is 0. The number of rotatable bonds is 3. The summed E-state index contributed by atoms with van der Waals surface area (Å²) in [5.74, 6) is 1.08. The zero-order valence-corrected chi connectivity index (χ0v) is 18.4. The number of nitrogens with zero attached hydrogens (tertiary/aromatic N) is 5. The number of hydrogen-bond donors (Lipinski definition) is 2. The molecule has 1 atom stereocenters. The topological polar surface area (TPSA) is 113 Å². The van der Waals surface area contributed by atoms with Gasteiger partial charge in [-0.3, -0.25) is 9.78 Å². The Balaban J connectivity index is 1.21. The monoisotopic (exact) mass is 443 g/mol. The third kappa shape index (κ3) is 3.64. The van der Waals surface area contributed by atoms with Crippen LogP contribution < -0.4 is 16.0 Å². The van der Waals surface area contributed by atoms with Crippen LogP contribution in [0, 0.1) is 5.92 Å². The molecule has 2 aromatic heterocycles. The van der Waals surface area contributed by atoms with Crippen molar-refractivity contribution in [3.05, 3.63) is 42.6 Å². The molecule has 9 heteroatoms. The first-order chi connectivity index (χ1) is 16.0. The molecule has 6 rings (SSSR count). The molecule has 2 saturated heterocycles. The van der Waals surface area contributed by atoms with Crippen LogP contribution in [0.4, 0.5) is 11.8 Å². The van der Waals surface area contributed by atoms with E-state index in [9.17, 15) is 4.79 Å². The van der Waals surface area contributed by atoms with Gasteiger partial charge < -0.3 is 25.3 Å². The fourth-order valence-electron chi connectivity index (χ4n) is 4.67. The van der Waals surface area contributed by atoms with E-state index in [0.29, 0.717) is 24.7 Å². The molecule has 168 valence electrons. The highest BCUT2D eigenvalue weighted by Crippen LogP contribution is 2.29. The summed E-state index contributed by atoms with van der Waals surface area (Å²) in [5.41, 5.74) is 10.7. The van der Waals surface area contributed by atoms with E-state index >= 15 is 0 Å². The SMILES string of the molecule is C[C@@H]1CN(C(=O)C2CN(c3cnc4ccc(-c5ccc6oc(N)nc6c5)cc4n3)C2)CCN1. The van der Waals surface area contributed by atoms with Crippen LogP contribution in [-0.4, -0.2) is 64.5 Å². The summed E-state index contributed by atoms with van der Waals surface area (Å²) in [5, 5.41) is 3.38. The Morgan fingerprint density at radius 3 is 2.67 bits per heavy atom. The summed E-state index contributed by atoms with van der Waals surface area (Å²) in [6, 6.07) is 12.3. The van der Waals surface area contributed by atoms with Gasteiger partial charge in [0.15, 0.2) is 5.58 Å². The van der Waals surface area contributed by atoms with Crippen molar-refractivity contribution in [1.82, 2.24) is 25.2 Å². The highest BCUT2D eigenvalue weighted by atomic mass is 16.4. The van der Waals surface area contributed by atoms with Crippen molar-refractivity contribution in [1.29, 1.82) is 0 Å². The van der Waals surface area contributed by atoms with Crippen LogP contribution in [0.2, 0.25) is 0 Å². The number of nitrogen functional groups attached to an aromatic ring is 1. The van der Waals surface area contributed by atoms with Crippen LogP contribution in [-0.2, 0) is 4.79 Å². The molecule has 0 aliphatic carbocycles. The number of carbonyl (C=O) groups is 1. The van der Waals surface area contributed by atoms with Crippen molar-refractivity contribution < 1.29 is 9.21 Å². The van der Waals surface area contributed by atoms with E-state index in [1.807, 2.05) is 41.3 Å². The maximum Gasteiger partial charge on any atom is 0.292 e. The van der Waals surface area contributed by atoms with Gasteiger partial charge in [0.1, 0.15) is 11.3 Å². The van der Waals surface area contributed by atoms with E-state index in [1.165, 1.54) is 0 Å². The standard InChI is InChI=1S/C24H25N7O2/c1-14-11-30(7-6-26-14)23(32)17-12-31(13-17)22-10-27-18-4-2-15(8-19(18)28-22)16-3-5-21-20(9-16)29-24(25)33-21/h2-5,8-10,14,17,26H,6-7,11-13H2,1H3,(H2,25,29)/t14-/m1/s1. The van der Waals surface area contributed by atoms with Gasteiger partial charge in [-0.15, -0.1) is 0 Å². The number of nitrogens with two attached hydrogens (primary N) is 1. The summed E-state index contributed by atoms with van der Waals surface area (Å²) >= 11 is 0. The number of nitrogens with one attached hydrogen (secondary N) is 1. The Labute approximate surface area is 190 Å². The second kappa shape index (κ2) is 7.70. The zero-order valence-electron chi connectivity index (χ0n) is 18.4. The van der Waals surface area contributed by atoms with Gasteiger partial charge in [-0.2, -0.15) is 4.98 Å². The molecule has 4 aromatic rings. The van der Waals surface area contributed by atoms with Gasteiger partial charge in [0.05, 0.1) is 23.1 Å². The number of anilines is 2. The van der Waals surface area contributed by atoms with E-state index in [-0.39, 0.29) is 17.8 Å². The van der Waals surface area contributed by atoms with E-state index in [2.05, 4.69) is 27.1 Å². The number of oxazole rings is 1. The number of piperazine rings is 1. The van der Waals surface area contributed by atoms with E-state index in [1.54, 1.807) is 6.20 Å². The minimum absolute atomic E-state index is 0.0285. The lowest BCUT2D eigenvalue weighted by Gasteiger charge is -2.42. The van der Waals surface area contributed by atoms with Gasteiger partial charge in [-0.05, 0) is 42.3 Å². The lowest BCUT2D eigenvalue weighted by Crippen LogP contribution is -2.59. The van der Waals surface area contributed by atoms with Gasteiger partial charge in [-0.25, -0.2) is 4.98 Å². The molecule has 1 amide bonds. The van der Waals surface area contributed by atoms with Crippen LogP contribution in [0.25, 0.3) is 33.3 Å². The number of aromatic nitrogens is 3. The number of amides is 1. The molecule has 2 aliphatic heterocycles. The summed E-state index contributed by atoms with van der Waals surface area (Å²) in [6.45, 7) is 5.90. The average Bonchev–Trinajstić information content (AvgIpc) is 3.16. The Hall–Kier alpha value is -3.72. The molecule has 2 fully saturated rings. The fourth-order valence-corrected chi connectivity index (χ4v) is 4.67.